The number of benzene rings is 2. The number of carbonyl (C=O) groups excluding carboxylic acids is 2. The molecule has 0 aliphatic rings. The molecule has 2 amide bonds. The summed E-state index contributed by atoms with van der Waals surface area (Å²) in [6.45, 7) is 0.312. The number of carbonyl (C=O) groups is 2. The van der Waals surface area contributed by atoms with Crippen LogP contribution in [0.4, 0.5) is 18.9 Å². The van der Waals surface area contributed by atoms with Crippen LogP contribution in [0.3, 0.4) is 0 Å². The van der Waals surface area contributed by atoms with Crippen LogP contribution in [0.15, 0.2) is 66.9 Å². The van der Waals surface area contributed by atoms with E-state index in [9.17, 15) is 22.8 Å². The Hall–Kier alpha value is -4.62. The van der Waals surface area contributed by atoms with E-state index in [1.54, 1.807) is 49.3 Å². The first-order valence-corrected chi connectivity index (χ1v) is 11.3. The van der Waals surface area contributed by atoms with Crippen LogP contribution >= 0.6 is 0 Å². The van der Waals surface area contributed by atoms with Crippen LogP contribution < -0.4 is 15.4 Å². The number of ether oxygens (including phenoxy) is 1. The second-order valence-corrected chi connectivity index (χ2v) is 8.25. The van der Waals surface area contributed by atoms with Crippen LogP contribution in [0.5, 0.6) is 11.5 Å². The number of rotatable bonds is 7. The van der Waals surface area contributed by atoms with Gasteiger partial charge in [-0.2, -0.15) is 13.2 Å². The van der Waals surface area contributed by atoms with Crippen LogP contribution in [0.25, 0.3) is 6.08 Å². The number of amides is 2. The minimum absolute atomic E-state index is 0.00757. The fraction of sp³-hybridized carbons (Fsp3) is 0.179. The molecule has 0 unspecified atom stereocenters. The van der Waals surface area contributed by atoms with Crippen molar-refractivity contribution in [2.24, 2.45) is 0 Å². The maximum absolute atomic E-state index is 13.6. The number of aromatic nitrogens is 1. The highest BCUT2D eigenvalue weighted by Crippen LogP contribution is 2.33. The molecule has 0 spiro atoms. The molecule has 0 bridgehead atoms. The van der Waals surface area contributed by atoms with Crippen molar-refractivity contribution in [3.8, 4) is 23.3 Å². The van der Waals surface area contributed by atoms with Gasteiger partial charge in [-0.3, -0.25) is 19.5 Å². The quantitative estimate of drug-likeness (QED) is 0.344. The largest absolute Gasteiger partial charge is 0.457 e. The lowest BCUT2D eigenvalue weighted by Crippen LogP contribution is -2.18. The first kappa shape index (κ1) is 28.0. The summed E-state index contributed by atoms with van der Waals surface area (Å²) in [6.07, 6.45) is -0.486. The molecule has 3 aromatic rings. The van der Waals surface area contributed by atoms with Crippen molar-refractivity contribution in [2.75, 3.05) is 33.0 Å². The summed E-state index contributed by atoms with van der Waals surface area (Å²) in [5, 5.41) is 4.93. The third-order valence-corrected chi connectivity index (χ3v) is 4.92. The Labute approximate surface area is 218 Å². The van der Waals surface area contributed by atoms with Crippen LogP contribution in [-0.2, 0) is 11.0 Å². The van der Waals surface area contributed by atoms with Crippen LogP contribution in [0, 0.1) is 11.8 Å². The summed E-state index contributed by atoms with van der Waals surface area (Å²) in [7, 11) is 5.02. The maximum atomic E-state index is 13.6. The molecule has 3 rings (SSSR count). The predicted octanol–water partition coefficient (Wildman–Crippen LogP) is 4.82. The second-order valence-electron chi connectivity index (χ2n) is 8.25. The first-order chi connectivity index (χ1) is 18.0. The molecular weight excluding hydrogens is 497 g/mol. The summed E-state index contributed by atoms with van der Waals surface area (Å²) in [5.74, 6) is 5.11. The lowest BCUT2D eigenvalue weighted by molar-refractivity contribution is -0.137. The van der Waals surface area contributed by atoms with Crippen molar-refractivity contribution in [3.05, 3.63) is 89.3 Å². The summed E-state index contributed by atoms with van der Waals surface area (Å²) in [6, 6.07) is 13.3. The third-order valence-electron chi connectivity index (χ3n) is 4.92. The zero-order chi connectivity index (χ0) is 27.7. The predicted molar refractivity (Wildman–Crippen MR) is 139 cm³/mol. The Bertz CT molecular complexity index is 1410. The number of hydrogen-bond acceptors (Lipinski definition) is 5. The van der Waals surface area contributed by atoms with Crippen LogP contribution in [-0.4, -0.2) is 49.4 Å². The number of nitrogens with zero attached hydrogens (tertiary/aromatic N) is 2. The average Bonchev–Trinajstić information content (AvgIpc) is 2.87. The lowest BCUT2D eigenvalue weighted by atomic mass is 10.1. The topological polar surface area (TPSA) is 83.6 Å². The first-order valence-electron chi connectivity index (χ1n) is 11.3. The Morgan fingerprint density at radius 1 is 1.08 bits per heavy atom. The zero-order valence-electron chi connectivity index (χ0n) is 20.9. The highest BCUT2D eigenvalue weighted by molar-refractivity contribution is 6.02. The van der Waals surface area contributed by atoms with E-state index in [-0.39, 0.29) is 22.9 Å². The highest BCUT2D eigenvalue weighted by Gasteiger charge is 2.33. The van der Waals surface area contributed by atoms with Gasteiger partial charge in [0.25, 0.3) is 5.91 Å². The molecule has 1 aromatic heterocycles. The molecule has 38 heavy (non-hydrogen) atoms. The van der Waals surface area contributed by atoms with Gasteiger partial charge < -0.3 is 15.4 Å². The Kier molecular flexibility index (Phi) is 9.24. The Balaban J connectivity index is 1.70. The number of pyridine rings is 1. The molecule has 2 N–H and O–H groups in total. The van der Waals surface area contributed by atoms with Crippen molar-refractivity contribution < 1.29 is 27.5 Å². The second kappa shape index (κ2) is 12.6. The van der Waals surface area contributed by atoms with E-state index in [1.165, 1.54) is 43.6 Å². The van der Waals surface area contributed by atoms with Crippen molar-refractivity contribution in [1.29, 1.82) is 0 Å². The van der Waals surface area contributed by atoms with E-state index in [2.05, 4.69) is 27.5 Å². The molecule has 0 fully saturated rings. The molecule has 10 heteroatoms. The van der Waals surface area contributed by atoms with Gasteiger partial charge in [0.1, 0.15) is 17.2 Å². The molecule has 7 nitrogen and oxygen atoms in total. The third kappa shape index (κ3) is 8.21. The molecule has 0 saturated heterocycles. The van der Waals surface area contributed by atoms with Gasteiger partial charge in [-0.25, -0.2) is 0 Å². The lowest BCUT2D eigenvalue weighted by Gasteiger charge is -2.12. The molecular formula is C28H25F3N4O3. The SMILES string of the molecule is CNC(=O)c1cc(Oc2cccc(C=CC(=O)Nc3ccc(C#CCN(C)C)c(C(F)(F)F)c3)c2)ccn1. The van der Waals surface area contributed by atoms with Crippen LogP contribution in [0.1, 0.15) is 27.2 Å². The maximum Gasteiger partial charge on any atom is 0.417 e. The molecule has 196 valence electrons. The molecule has 2 aromatic carbocycles. The zero-order valence-corrected chi connectivity index (χ0v) is 20.9. The van der Waals surface area contributed by atoms with Gasteiger partial charge in [-0.1, -0.05) is 24.0 Å². The Morgan fingerprint density at radius 2 is 1.84 bits per heavy atom. The Morgan fingerprint density at radius 3 is 2.55 bits per heavy atom. The molecule has 1 heterocycles. The van der Waals surface area contributed by atoms with Crippen molar-refractivity contribution in [3.63, 3.8) is 0 Å². The van der Waals surface area contributed by atoms with Gasteiger partial charge >= 0.3 is 6.18 Å². The monoisotopic (exact) mass is 522 g/mol. The number of anilines is 1. The number of hydrogen-bond donors (Lipinski definition) is 2. The summed E-state index contributed by atoms with van der Waals surface area (Å²) < 4.78 is 46.4. The molecule has 0 atom stereocenters. The molecule has 0 saturated carbocycles. The van der Waals surface area contributed by atoms with E-state index in [0.717, 1.165) is 6.07 Å². The van der Waals surface area contributed by atoms with Gasteiger partial charge in [0.2, 0.25) is 5.91 Å². The van der Waals surface area contributed by atoms with Crippen molar-refractivity contribution in [2.45, 2.75) is 6.18 Å². The highest BCUT2D eigenvalue weighted by atomic mass is 19.4. The fourth-order valence-electron chi connectivity index (χ4n) is 3.16. The fourth-order valence-corrected chi connectivity index (χ4v) is 3.16. The number of alkyl halides is 3. The van der Waals surface area contributed by atoms with E-state index < -0.39 is 17.6 Å². The van der Waals surface area contributed by atoms with Gasteiger partial charge in [0.15, 0.2) is 0 Å². The molecule has 0 radical (unpaired) electrons. The van der Waals surface area contributed by atoms with Gasteiger partial charge in [0, 0.05) is 36.6 Å². The summed E-state index contributed by atoms with van der Waals surface area (Å²) in [5.41, 5.74) is -0.292. The average molecular weight is 523 g/mol. The van der Waals surface area contributed by atoms with Crippen molar-refractivity contribution >= 4 is 23.6 Å². The minimum atomic E-state index is -4.63. The van der Waals surface area contributed by atoms with Gasteiger partial charge in [-0.05, 0) is 62.1 Å². The van der Waals surface area contributed by atoms with E-state index in [4.69, 9.17) is 4.74 Å². The van der Waals surface area contributed by atoms with Crippen LogP contribution in [0.2, 0.25) is 0 Å². The van der Waals surface area contributed by atoms with Crippen molar-refractivity contribution in [1.82, 2.24) is 15.2 Å². The molecule has 0 aliphatic heterocycles. The normalized spacial score (nSPS) is 11.1. The van der Waals surface area contributed by atoms with E-state index in [1.807, 2.05) is 0 Å². The molecule has 0 aliphatic carbocycles. The van der Waals surface area contributed by atoms with E-state index in [0.29, 0.717) is 23.6 Å². The summed E-state index contributed by atoms with van der Waals surface area (Å²) >= 11 is 0. The minimum Gasteiger partial charge on any atom is -0.457 e. The smallest absolute Gasteiger partial charge is 0.417 e. The number of halogens is 3. The standard InChI is InChI=1S/C28H25F3N4O3/c1-32-27(37)25-18-23(13-14-33-25)38-22-8-4-6-19(16-22)9-12-26(36)34-21-11-10-20(7-5-15-35(2)3)24(17-21)28(29,30)31/h4,6,8-14,16-18H,15H2,1-3H3,(H,32,37)(H,34,36). The number of nitrogens with one attached hydrogen (secondary N) is 2. The van der Waals surface area contributed by atoms with Gasteiger partial charge in [-0.15, -0.1) is 0 Å². The summed E-state index contributed by atoms with van der Waals surface area (Å²) in [4.78, 5) is 29.9. The van der Waals surface area contributed by atoms with E-state index >= 15 is 0 Å². The van der Waals surface area contributed by atoms with Gasteiger partial charge in [0.05, 0.1) is 12.1 Å².